The van der Waals surface area contributed by atoms with Crippen molar-refractivity contribution in [3.05, 3.63) is 34.0 Å². The van der Waals surface area contributed by atoms with Crippen LogP contribution in [0.25, 0.3) is 0 Å². The number of hydrogen-bond acceptors (Lipinski definition) is 4. The van der Waals surface area contributed by atoms with Gasteiger partial charge in [0.25, 0.3) is 5.88 Å². The summed E-state index contributed by atoms with van der Waals surface area (Å²) in [4.78, 5) is 24.6. The Hall–Kier alpha value is -2.05. The Morgan fingerprint density at radius 1 is 1.44 bits per heavy atom. The Labute approximate surface area is 104 Å². The van der Waals surface area contributed by atoms with Crippen molar-refractivity contribution < 1.29 is 14.8 Å². The van der Waals surface area contributed by atoms with Gasteiger partial charge in [0, 0.05) is 13.1 Å². The highest BCUT2D eigenvalue weighted by Gasteiger charge is 2.43. The van der Waals surface area contributed by atoms with Gasteiger partial charge in [-0.2, -0.15) is 0 Å². The summed E-state index contributed by atoms with van der Waals surface area (Å²) < 4.78 is 0. The highest BCUT2D eigenvalue weighted by atomic mass is 16.6. The summed E-state index contributed by atoms with van der Waals surface area (Å²) >= 11 is 0. The second kappa shape index (κ2) is 4.32. The lowest BCUT2D eigenvalue weighted by atomic mass is 10.1. The van der Waals surface area contributed by atoms with Crippen molar-refractivity contribution in [3.63, 3.8) is 0 Å². The molecule has 0 atom stereocenters. The molecule has 7 heteroatoms. The van der Waals surface area contributed by atoms with E-state index in [1.54, 1.807) is 0 Å². The molecule has 0 saturated heterocycles. The fraction of sp³-hybridized carbons (Fsp3) is 0.545. The first kappa shape index (κ1) is 12.4. The molecule has 1 fully saturated rings. The molecule has 0 bridgehead atoms. The molecular weight excluding hydrogens is 238 g/mol. The van der Waals surface area contributed by atoms with Gasteiger partial charge in [-0.3, -0.25) is 19.9 Å². The minimum absolute atomic E-state index is 0.0208. The summed E-state index contributed by atoms with van der Waals surface area (Å²) in [5, 5.41) is 20.6. The van der Waals surface area contributed by atoms with Crippen LogP contribution in [-0.2, 0) is 0 Å². The van der Waals surface area contributed by atoms with Gasteiger partial charge in [-0.25, -0.2) is 4.79 Å². The Morgan fingerprint density at radius 2 is 2.00 bits per heavy atom. The molecule has 0 unspecified atom stereocenters. The van der Waals surface area contributed by atoms with E-state index in [4.69, 9.17) is 0 Å². The first-order valence-corrected chi connectivity index (χ1v) is 5.79. The van der Waals surface area contributed by atoms with Gasteiger partial charge in [0.05, 0.1) is 4.92 Å². The van der Waals surface area contributed by atoms with E-state index in [1.807, 2.05) is 0 Å². The molecule has 0 spiro atoms. The average Bonchev–Trinajstić information content (AvgIpc) is 2.79. The SMILES string of the molecule is C=C1C([N+](=O)[O-])=C(O)N(C)C(=O)N1C1CCCC1. The van der Waals surface area contributed by atoms with Crippen molar-refractivity contribution in [2.75, 3.05) is 7.05 Å². The molecule has 0 aromatic rings. The number of nitrogens with zero attached hydrogens (tertiary/aromatic N) is 3. The van der Waals surface area contributed by atoms with Crippen molar-refractivity contribution in [1.82, 2.24) is 9.80 Å². The molecule has 18 heavy (non-hydrogen) atoms. The van der Waals surface area contributed by atoms with Crippen LogP contribution in [0.5, 0.6) is 0 Å². The maximum absolute atomic E-state index is 12.1. The molecule has 1 saturated carbocycles. The normalized spacial score (nSPS) is 22.1. The van der Waals surface area contributed by atoms with Crippen LogP contribution in [-0.4, -0.2) is 39.0 Å². The molecule has 2 rings (SSSR count). The van der Waals surface area contributed by atoms with E-state index in [0.717, 1.165) is 30.6 Å². The highest BCUT2D eigenvalue weighted by molar-refractivity contribution is 5.80. The predicted octanol–water partition coefficient (Wildman–Crippen LogP) is 1.81. The summed E-state index contributed by atoms with van der Waals surface area (Å²) in [6.45, 7) is 3.60. The molecule has 0 aromatic heterocycles. The zero-order valence-electron chi connectivity index (χ0n) is 10.1. The van der Waals surface area contributed by atoms with Crippen LogP contribution in [0, 0.1) is 10.1 Å². The topological polar surface area (TPSA) is 86.9 Å². The quantitative estimate of drug-likeness (QED) is 0.600. The number of carbonyl (C=O) groups excluding carboxylic acids is 1. The monoisotopic (exact) mass is 253 g/mol. The summed E-state index contributed by atoms with van der Waals surface area (Å²) in [5.41, 5.74) is -0.517. The van der Waals surface area contributed by atoms with E-state index in [-0.39, 0.29) is 11.7 Å². The third kappa shape index (κ3) is 1.71. The molecule has 2 aliphatic rings. The molecular formula is C11H15N3O4. The number of aliphatic hydroxyl groups is 1. The maximum Gasteiger partial charge on any atom is 0.351 e. The minimum Gasteiger partial charge on any atom is -0.489 e. The van der Waals surface area contributed by atoms with Crippen LogP contribution in [0.4, 0.5) is 4.79 Å². The van der Waals surface area contributed by atoms with Crippen molar-refractivity contribution in [2.24, 2.45) is 0 Å². The van der Waals surface area contributed by atoms with Crippen LogP contribution < -0.4 is 0 Å². The fourth-order valence-electron chi connectivity index (χ4n) is 2.50. The van der Waals surface area contributed by atoms with Gasteiger partial charge in [-0.15, -0.1) is 0 Å². The summed E-state index contributed by atoms with van der Waals surface area (Å²) in [6.07, 6.45) is 3.61. The Bertz CT molecular complexity index is 451. The summed E-state index contributed by atoms with van der Waals surface area (Å²) in [6, 6.07) is -0.523. The molecule has 1 heterocycles. The van der Waals surface area contributed by atoms with Gasteiger partial charge >= 0.3 is 11.7 Å². The third-order valence-corrected chi connectivity index (χ3v) is 3.46. The van der Waals surface area contributed by atoms with Crippen LogP contribution in [0.3, 0.4) is 0 Å². The molecule has 1 aliphatic carbocycles. The molecule has 1 N–H and O–H groups in total. The van der Waals surface area contributed by atoms with Gasteiger partial charge in [-0.05, 0) is 12.8 Å². The van der Waals surface area contributed by atoms with Crippen molar-refractivity contribution >= 4 is 6.03 Å². The van der Waals surface area contributed by atoms with Crippen LogP contribution in [0.15, 0.2) is 23.9 Å². The van der Waals surface area contributed by atoms with Gasteiger partial charge in [-0.1, -0.05) is 19.4 Å². The molecule has 2 amide bonds. The van der Waals surface area contributed by atoms with Gasteiger partial charge < -0.3 is 5.11 Å². The van der Waals surface area contributed by atoms with E-state index in [0.29, 0.717) is 0 Å². The predicted molar refractivity (Wildman–Crippen MR) is 63.0 cm³/mol. The molecule has 1 aliphatic heterocycles. The van der Waals surface area contributed by atoms with Crippen molar-refractivity contribution in [2.45, 2.75) is 31.7 Å². The zero-order valence-corrected chi connectivity index (χ0v) is 10.1. The van der Waals surface area contributed by atoms with E-state index in [2.05, 4.69) is 6.58 Å². The lowest BCUT2D eigenvalue weighted by molar-refractivity contribution is -0.427. The number of hydrogen-bond donors (Lipinski definition) is 1. The number of amides is 2. The Kier molecular flexibility index (Phi) is 2.98. The Balaban J connectivity index is 2.42. The second-order valence-corrected chi connectivity index (χ2v) is 4.53. The van der Waals surface area contributed by atoms with Crippen LogP contribution in [0.2, 0.25) is 0 Å². The smallest absolute Gasteiger partial charge is 0.351 e. The van der Waals surface area contributed by atoms with E-state index in [9.17, 15) is 20.0 Å². The summed E-state index contributed by atoms with van der Waals surface area (Å²) in [5.74, 6) is -0.649. The summed E-state index contributed by atoms with van der Waals surface area (Å²) in [7, 11) is 1.32. The molecule has 0 radical (unpaired) electrons. The highest BCUT2D eigenvalue weighted by Crippen LogP contribution is 2.33. The maximum atomic E-state index is 12.1. The average molecular weight is 253 g/mol. The van der Waals surface area contributed by atoms with Crippen LogP contribution >= 0.6 is 0 Å². The number of aliphatic hydroxyl groups excluding tert-OH is 1. The van der Waals surface area contributed by atoms with Gasteiger partial charge in [0.1, 0.15) is 5.70 Å². The van der Waals surface area contributed by atoms with Crippen molar-refractivity contribution in [1.29, 1.82) is 0 Å². The largest absolute Gasteiger partial charge is 0.489 e. The Morgan fingerprint density at radius 3 is 2.50 bits per heavy atom. The number of rotatable bonds is 2. The van der Waals surface area contributed by atoms with Gasteiger partial charge in [0.15, 0.2) is 0 Å². The van der Waals surface area contributed by atoms with Gasteiger partial charge in [0.2, 0.25) is 0 Å². The first-order chi connectivity index (χ1) is 8.45. The van der Waals surface area contributed by atoms with E-state index in [1.165, 1.54) is 11.9 Å². The molecule has 0 aromatic carbocycles. The number of carbonyl (C=O) groups is 1. The standard InChI is InChI=1S/C11H15N3O4/c1-7-9(14(17)18)10(15)12(2)11(16)13(7)8-5-3-4-6-8/h8,15H,1,3-6H2,2H3. The van der Waals surface area contributed by atoms with E-state index < -0.39 is 22.5 Å². The fourth-order valence-corrected chi connectivity index (χ4v) is 2.50. The number of urea groups is 1. The van der Waals surface area contributed by atoms with Crippen molar-refractivity contribution in [3.8, 4) is 0 Å². The minimum atomic E-state index is -0.706. The molecule has 7 nitrogen and oxygen atoms in total. The van der Waals surface area contributed by atoms with E-state index >= 15 is 0 Å². The number of nitro groups is 1. The third-order valence-electron chi connectivity index (χ3n) is 3.46. The lowest BCUT2D eigenvalue weighted by Gasteiger charge is -2.35. The van der Waals surface area contributed by atoms with Crippen LogP contribution in [0.1, 0.15) is 25.7 Å². The zero-order chi connectivity index (χ0) is 13.4. The molecule has 98 valence electrons. The second-order valence-electron chi connectivity index (χ2n) is 4.53. The first-order valence-electron chi connectivity index (χ1n) is 5.79. The lowest BCUT2D eigenvalue weighted by Crippen LogP contribution is -2.49.